The number of carbonyl (C=O) groups is 2. The molecule has 0 radical (unpaired) electrons. The number of amides is 2. The van der Waals surface area contributed by atoms with Crippen LogP contribution in [-0.2, 0) is 0 Å². The van der Waals surface area contributed by atoms with Crippen molar-refractivity contribution in [2.24, 2.45) is 0 Å². The lowest BCUT2D eigenvalue weighted by atomic mass is 10.0. The summed E-state index contributed by atoms with van der Waals surface area (Å²) in [5, 5.41) is 16.7. The molecule has 0 saturated carbocycles. The number of pyridine rings is 2. The minimum atomic E-state index is -4.62. The van der Waals surface area contributed by atoms with Gasteiger partial charge in [0.05, 0.1) is 24.1 Å². The second-order valence-electron chi connectivity index (χ2n) is 9.57. The molecule has 0 atom stereocenters. The van der Waals surface area contributed by atoms with Crippen molar-refractivity contribution in [3.8, 4) is 34.4 Å². The van der Waals surface area contributed by atoms with Gasteiger partial charge >= 0.3 is 6.18 Å². The molecule has 218 valence electrons. The zero-order chi connectivity index (χ0) is 30.8. The summed E-state index contributed by atoms with van der Waals surface area (Å²) in [6, 6.07) is 9.72. The van der Waals surface area contributed by atoms with E-state index in [1.165, 1.54) is 58.5 Å². The summed E-state index contributed by atoms with van der Waals surface area (Å²) in [6.07, 6.45) is -3.36. The number of anilines is 1. The van der Waals surface area contributed by atoms with Crippen LogP contribution in [0, 0.1) is 17.1 Å². The summed E-state index contributed by atoms with van der Waals surface area (Å²) in [5.74, 6) is -2.21. The lowest BCUT2D eigenvalue weighted by molar-refractivity contribution is -0.115. The first-order valence-electron chi connectivity index (χ1n) is 12.3. The first kappa shape index (κ1) is 29.8. The van der Waals surface area contributed by atoms with Crippen molar-refractivity contribution in [2.75, 3.05) is 26.0 Å². The summed E-state index contributed by atoms with van der Waals surface area (Å²) in [6.45, 7) is 1.49. The van der Waals surface area contributed by atoms with Gasteiger partial charge in [-0.05, 0) is 50.2 Å². The number of hydrogen-bond donors (Lipinski definition) is 3. The largest absolute Gasteiger partial charge is 0.480 e. The Kier molecular flexibility index (Phi) is 8.05. The predicted molar refractivity (Wildman–Crippen MR) is 144 cm³/mol. The highest BCUT2D eigenvalue weighted by molar-refractivity contribution is 6.11. The molecule has 3 heterocycles. The summed E-state index contributed by atoms with van der Waals surface area (Å²) in [4.78, 5) is 34.4. The van der Waals surface area contributed by atoms with Gasteiger partial charge in [0.2, 0.25) is 11.6 Å². The zero-order valence-electron chi connectivity index (χ0n) is 22.7. The van der Waals surface area contributed by atoms with Crippen LogP contribution >= 0.6 is 0 Å². The number of halogens is 4. The molecule has 10 nitrogen and oxygen atoms in total. The van der Waals surface area contributed by atoms with Crippen molar-refractivity contribution >= 4 is 28.7 Å². The zero-order valence-corrected chi connectivity index (χ0v) is 22.7. The number of furan rings is 1. The van der Waals surface area contributed by atoms with Gasteiger partial charge in [0.1, 0.15) is 35.0 Å². The molecule has 0 saturated heterocycles. The van der Waals surface area contributed by atoms with E-state index in [4.69, 9.17) is 9.15 Å². The summed E-state index contributed by atoms with van der Waals surface area (Å²) >= 11 is 0. The van der Waals surface area contributed by atoms with Gasteiger partial charge < -0.3 is 25.1 Å². The Morgan fingerprint density at radius 1 is 1.10 bits per heavy atom. The standard InChI is InChI=1S/C28H24F4N6O4/c1-27(2,12-33)38-23(39)19-9-15(11-35-25(19)41-4)17-10-18-20(24(40)34-3)21(14-5-7-16(29)8-6-14)42-26(18)37-22(17)36-13-28(30,31)32/h5-11H,13H2,1-4H3,(H,34,40)(H,36,37)(H,38,39). The van der Waals surface area contributed by atoms with Crippen LogP contribution in [0.1, 0.15) is 34.6 Å². The molecule has 4 rings (SSSR count). The summed E-state index contributed by atoms with van der Waals surface area (Å²) < 4.78 is 64.3. The second-order valence-corrected chi connectivity index (χ2v) is 9.57. The molecule has 0 fully saturated rings. The van der Waals surface area contributed by atoms with Crippen LogP contribution in [0.2, 0.25) is 0 Å². The van der Waals surface area contributed by atoms with Crippen molar-refractivity contribution in [3.05, 3.63) is 59.5 Å². The molecular formula is C28H24F4N6O4. The fraction of sp³-hybridized carbons (Fsp3) is 0.250. The molecule has 2 amide bonds. The van der Waals surface area contributed by atoms with E-state index in [1.807, 2.05) is 6.07 Å². The van der Waals surface area contributed by atoms with Gasteiger partial charge in [0, 0.05) is 29.9 Å². The molecule has 0 aliphatic rings. The highest BCUT2D eigenvalue weighted by Crippen LogP contribution is 2.39. The highest BCUT2D eigenvalue weighted by Gasteiger charge is 2.30. The predicted octanol–water partition coefficient (Wildman–Crippen LogP) is 5.07. The fourth-order valence-electron chi connectivity index (χ4n) is 4.02. The van der Waals surface area contributed by atoms with Crippen LogP contribution in [0.4, 0.5) is 23.4 Å². The van der Waals surface area contributed by atoms with Gasteiger partial charge in [0.15, 0.2) is 0 Å². The average Bonchev–Trinajstić information content (AvgIpc) is 3.32. The number of nitrogens with zero attached hydrogens (tertiary/aromatic N) is 3. The van der Waals surface area contributed by atoms with Gasteiger partial charge in [-0.2, -0.15) is 23.4 Å². The lowest BCUT2D eigenvalue weighted by Gasteiger charge is -2.19. The van der Waals surface area contributed by atoms with E-state index in [9.17, 15) is 32.4 Å². The quantitative estimate of drug-likeness (QED) is 0.244. The fourth-order valence-corrected chi connectivity index (χ4v) is 4.02. The smallest absolute Gasteiger partial charge is 0.405 e. The SMILES string of the molecule is CNC(=O)c1c(-c2ccc(F)cc2)oc2nc(NCC(F)(F)F)c(-c3cnc(OC)c(C(=O)NC(C)(C)C#N)c3)cc12. The number of carbonyl (C=O) groups excluding carboxylic acids is 2. The third kappa shape index (κ3) is 6.25. The van der Waals surface area contributed by atoms with E-state index in [-0.39, 0.29) is 50.8 Å². The molecule has 4 aromatic rings. The first-order valence-corrected chi connectivity index (χ1v) is 12.3. The Morgan fingerprint density at radius 3 is 2.38 bits per heavy atom. The monoisotopic (exact) mass is 584 g/mol. The van der Waals surface area contributed by atoms with Crippen LogP contribution in [0.3, 0.4) is 0 Å². The van der Waals surface area contributed by atoms with Crippen molar-refractivity contribution < 1.29 is 36.3 Å². The van der Waals surface area contributed by atoms with Gasteiger partial charge in [-0.3, -0.25) is 9.59 Å². The Labute approximate surface area is 236 Å². The third-order valence-corrected chi connectivity index (χ3v) is 6.01. The van der Waals surface area contributed by atoms with Crippen molar-refractivity contribution in [2.45, 2.75) is 25.6 Å². The average molecular weight is 585 g/mol. The van der Waals surface area contributed by atoms with E-state index in [0.717, 1.165) is 12.1 Å². The van der Waals surface area contributed by atoms with E-state index in [1.54, 1.807) is 0 Å². The van der Waals surface area contributed by atoms with E-state index < -0.39 is 35.9 Å². The van der Waals surface area contributed by atoms with Gasteiger partial charge in [-0.25, -0.2) is 9.37 Å². The third-order valence-electron chi connectivity index (χ3n) is 6.01. The van der Waals surface area contributed by atoms with E-state index in [2.05, 4.69) is 25.9 Å². The number of alkyl halides is 3. The molecule has 0 unspecified atom stereocenters. The molecule has 0 aliphatic heterocycles. The molecule has 0 spiro atoms. The van der Waals surface area contributed by atoms with Gasteiger partial charge in [0.25, 0.3) is 11.8 Å². The number of aromatic nitrogens is 2. The topological polar surface area (TPSA) is 142 Å². The van der Waals surface area contributed by atoms with Crippen LogP contribution in [0.25, 0.3) is 33.6 Å². The Bertz CT molecular complexity index is 1710. The maximum Gasteiger partial charge on any atom is 0.405 e. The number of fused-ring (bicyclic) bond motifs is 1. The Morgan fingerprint density at radius 2 is 1.79 bits per heavy atom. The number of hydrogen-bond acceptors (Lipinski definition) is 8. The Hall–Kier alpha value is -5.19. The molecule has 3 N–H and O–H groups in total. The number of nitriles is 1. The number of rotatable bonds is 8. The van der Waals surface area contributed by atoms with Crippen molar-refractivity contribution in [3.63, 3.8) is 0 Å². The number of nitrogens with one attached hydrogen (secondary N) is 3. The van der Waals surface area contributed by atoms with E-state index in [0.29, 0.717) is 5.56 Å². The van der Waals surface area contributed by atoms with E-state index >= 15 is 0 Å². The molecule has 42 heavy (non-hydrogen) atoms. The molecule has 14 heteroatoms. The summed E-state index contributed by atoms with van der Waals surface area (Å²) in [5.41, 5.74) is -1.01. The minimum absolute atomic E-state index is 0.00503. The molecule has 0 aliphatic carbocycles. The maximum absolute atomic E-state index is 13.6. The maximum atomic E-state index is 13.6. The van der Waals surface area contributed by atoms with Gasteiger partial charge in [-0.15, -0.1) is 0 Å². The summed E-state index contributed by atoms with van der Waals surface area (Å²) in [7, 11) is 2.65. The minimum Gasteiger partial charge on any atom is -0.480 e. The molecule has 1 aromatic carbocycles. The Balaban J connectivity index is 1.97. The lowest BCUT2D eigenvalue weighted by Crippen LogP contribution is -2.42. The number of ether oxygens (including phenoxy) is 1. The van der Waals surface area contributed by atoms with Crippen molar-refractivity contribution in [1.29, 1.82) is 5.26 Å². The van der Waals surface area contributed by atoms with Crippen LogP contribution in [0.15, 0.2) is 47.0 Å². The van der Waals surface area contributed by atoms with Gasteiger partial charge in [-0.1, -0.05) is 0 Å². The number of benzene rings is 1. The van der Waals surface area contributed by atoms with Crippen molar-refractivity contribution in [1.82, 2.24) is 20.6 Å². The normalized spacial score (nSPS) is 11.6. The molecule has 3 aromatic heterocycles. The van der Waals surface area contributed by atoms with Crippen LogP contribution in [-0.4, -0.2) is 54.2 Å². The molecular weight excluding hydrogens is 560 g/mol. The van der Waals surface area contributed by atoms with Crippen LogP contribution in [0.5, 0.6) is 5.88 Å². The van der Waals surface area contributed by atoms with Crippen LogP contribution < -0.4 is 20.7 Å². The highest BCUT2D eigenvalue weighted by atomic mass is 19.4. The second kappa shape index (κ2) is 11.4. The first-order chi connectivity index (χ1) is 19.8. The molecule has 0 bridgehead atoms. The number of methoxy groups -OCH3 is 1.